The van der Waals surface area contributed by atoms with Crippen LogP contribution in [-0.4, -0.2) is 11.7 Å². The number of hydrogen-bond donors (Lipinski definition) is 2. The van der Waals surface area contributed by atoms with Crippen molar-refractivity contribution in [3.8, 4) is 0 Å². The Labute approximate surface area is 106 Å². The zero-order valence-corrected chi connectivity index (χ0v) is 10.9. The van der Waals surface area contributed by atoms with E-state index >= 15 is 0 Å². The van der Waals surface area contributed by atoms with Crippen LogP contribution in [-0.2, 0) is 6.54 Å². The summed E-state index contributed by atoms with van der Waals surface area (Å²) in [4.78, 5) is 0. The number of halogens is 1. The number of thiophene rings is 1. The van der Waals surface area contributed by atoms with Crippen molar-refractivity contribution in [2.24, 2.45) is 0 Å². The SMILES string of the molecule is OC[C@@H](NCc1ccc(Br)o1)c1ccsc1. The summed E-state index contributed by atoms with van der Waals surface area (Å²) in [5.41, 5.74) is 1.11. The second-order valence-corrected chi connectivity index (χ2v) is 4.94. The standard InChI is InChI=1S/C11H12BrNO2S/c12-11-2-1-9(15-11)5-13-10(6-14)8-3-4-16-7-8/h1-4,7,10,13-14H,5-6H2/t10-/m1/s1. The van der Waals surface area contributed by atoms with Crippen molar-refractivity contribution >= 4 is 27.3 Å². The topological polar surface area (TPSA) is 45.4 Å². The fourth-order valence-corrected chi connectivity index (χ4v) is 2.49. The predicted octanol–water partition coefficient (Wildman–Crippen LogP) is 2.93. The maximum absolute atomic E-state index is 9.28. The highest BCUT2D eigenvalue weighted by Crippen LogP contribution is 2.18. The van der Waals surface area contributed by atoms with E-state index in [4.69, 9.17) is 4.42 Å². The van der Waals surface area contributed by atoms with Crippen molar-refractivity contribution < 1.29 is 9.52 Å². The maximum atomic E-state index is 9.28. The first-order valence-electron chi connectivity index (χ1n) is 4.90. The third kappa shape index (κ3) is 2.95. The molecule has 2 aromatic rings. The normalized spacial score (nSPS) is 12.9. The molecule has 5 heteroatoms. The lowest BCUT2D eigenvalue weighted by molar-refractivity contribution is 0.241. The third-order valence-electron chi connectivity index (χ3n) is 2.28. The molecular weight excluding hydrogens is 290 g/mol. The Balaban J connectivity index is 1.93. The minimum absolute atomic E-state index is 0.0323. The number of nitrogens with one attached hydrogen (secondary N) is 1. The predicted molar refractivity (Wildman–Crippen MR) is 67.4 cm³/mol. The average molecular weight is 302 g/mol. The summed E-state index contributed by atoms with van der Waals surface area (Å²) in [5, 5.41) is 16.6. The molecule has 2 heterocycles. The molecule has 0 saturated heterocycles. The Morgan fingerprint density at radius 3 is 2.88 bits per heavy atom. The summed E-state index contributed by atoms with van der Waals surface area (Å²) < 4.78 is 6.09. The molecule has 16 heavy (non-hydrogen) atoms. The zero-order chi connectivity index (χ0) is 11.4. The Morgan fingerprint density at radius 2 is 2.31 bits per heavy atom. The van der Waals surface area contributed by atoms with Crippen molar-refractivity contribution in [1.82, 2.24) is 5.32 Å². The lowest BCUT2D eigenvalue weighted by Gasteiger charge is -2.13. The summed E-state index contributed by atoms with van der Waals surface area (Å²) in [6, 6.07) is 5.74. The van der Waals surface area contributed by atoms with Gasteiger partial charge in [-0.15, -0.1) is 0 Å². The first-order valence-corrected chi connectivity index (χ1v) is 6.63. The fourth-order valence-electron chi connectivity index (χ4n) is 1.43. The summed E-state index contributed by atoms with van der Waals surface area (Å²) in [5.74, 6) is 0.848. The Hall–Kier alpha value is -0.620. The number of aliphatic hydroxyl groups is 1. The molecule has 0 aromatic carbocycles. The van der Waals surface area contributed by atoms with Crippen molar-refractivity contribution in [2.75, 3.05) is 6.61 Å². The minimum Gasteiger partial charge on any atom is -0.453 e. The van der Waals surface area contributed by atoms with Crippen LogP contribution in [0.25, 0.3) is 0 Å². The van der Waals surface area contributed by atoms with Gasteiger partial charge in [-0.1, -0.05) is 0 Å². The van der Waals surface area contributed by atoms with Gasteiger partial charge < -0.3 is 14.8 Å². The zero-order valence-electron chi connectivity index (χ0n) is 8.52. The van der Waals surface area contributed by atoms with Crippen LogP contribution in [0.2, 0.25) is 0 Å². The maximum Gasteiger partial charge on any atom is 0.169 e. The van der Waals surface area contributed by atoms with E-state index in [9.17, 15) is 5.11 Å². The fraction of sp³-hybridized carbons (Fsp3) is 0.273. The molecule has 0 aliphatic heterocycles. The van der Waals surface area contributed by atoms with Gasteiger partial charge in [-0.2, -0.15) is 11.3 Å². The van der Waals surface area contributed by atoms with Crippen LogP contribution in [0, 0.1) is 0 Å². The van der Waals surface area contributed by atoms with Crippen LogP contribution in [0.4, 0.5) is 0 Å². The smallest absolute Gasteiger partial charge is 0.169 e. The third-order valence-corrected chi connectivity index (χ3v) is 3.41. The van der Waals surface area contributed by atoms with E-state index in [2.05, 4.69) is 21.2 Å². The van der Waals surface area contributed by atoms with Crippen LogP contribution < -0.4 is 5.32 Å². The van der Waals surface area contributed by atoms with Crippen LogP contribution in [0.15, 0.2) is 38.0 Å². The number of aliphatic hydroxyl groups excluding tert-OH is 1. The molecule has 0 radical (unpaired) electrons. The van der Waals surface area contributed by atoms with Gasteiger partial charge in [-0.3, -0.25) is 0 Å². The van der Waals surface area contributed by atoms with E-state index in [1.807, 2.05) is 29.0 Å². The van der Waals surface area contributed by atoms with Crippen molar-refractivity contribution in [2.45, 2.75) is 12.6 Å². The van der Waals surface area contributed by atoms with Gasteiger partial charge in [0.05, 0.1) is 19.2 Å². The van der Waals surface area contributed by atoms with Gasteiger partial charge in [0.25, 0.3) is 0 Å². The van der Waals surface area contributed by atoms with E-state index in [0.29, 0.717) is 6.54 Å². The summed E-state index contributed by atoms with van der Waals surface area (Å²) in [6.45, 7) is 0.686. The largest absolute Gasteiger partial charge is 0.453 e. The summed E-state index contributed by atoms with van der Waals surface area (Å²) >= 11 is 4.88. The molecule has 0 aliphatic carbocycles. The molecule has 3 nitrogen and oxygen atoms in total. The van der Waals surface area contributed by atoms with Crippen LogP contribution in [0.3, 0.4) is 0 Å². The molecule has 2 N–H and O–H groups in total. The molecule has 0 unspecified atom stereocenters. The molecule has 0 aliphatic rings. The van der Waals surface area contributed by atoms with Gasteiger partial charge in [-0.25, -0.2) is 0 Å². The molecule has 2 rings (SSSR count). The van der Waals surface area contributed by atoms with E-state index in [1.165, 1.54) is 0 Å². The minimum atomic E-state index is -0.0323. The molecule has 0 bridgehead atoms. The Kier molecular flexibility index (Phi) is 4.17. The number of hydrogen-bond acceptors (Lipinski definition) is 4. The van der Waals surface area contributed by atoms with E-state index in [1.54, 1.807) is 11.3 Å². The molecular formula is C11H12BrNO2S. The lowest BCUT2D eigenvalue weighted by atomic mass is 10.1. The molecule has 0 saturated carbocycles. The van der Waals surface area contributed by atoms with E-state index in [-0.39, 0.29) is 12.6 Å². The van der Waals surface area contributed by atoms with Crippen LogP contribution in [0.1, 0.15) is 17.4 Å². The van der Waals surface area contributed by atoms with Crippen molar-refractivity contribution in [3.63, 3.8) is 0 Å². The lowest BCUT2D eigenvalue weighted by Crippen LogP contribution is -2.23. The van der Waals surface area contributed by atoms with Gasteiger partial charge in [0.2, 0.25) is 0 Å². The number of rotatable bonds is 5. The molecule has 86 valence electrons. The molecule has 0 spiro atoms. The van der Waals surface area contributed by atoms with E-state index < -0.39 is 0 Å². The molecule has 0 amide bonds. The monoisotopic (exact) mass is 301 g/mol. The molecule has 2 aromatic heterocycles. The van der Waals surface area contributed by atoms with Gasteiger partial charge in [0, 0.05) is 0 Å². The summed E-state index contributed by atoms with van der Waals surface area (Å²) in [7, 11) is 0. The first kappa shape index (κ1) is 11.9. The second kappa shape index (κ2) is 5.63. The first-order chi connectivity index (χ1) is 7.79. The van der Waals surface area contributed by atoms with Gasteiger partial charge >= 0.3 is 0 Å². The Bertz CT molecular complexity index is 427. The van der Waals surface area contributed by atoms with Gasteiger partial charge in [-0.05, 0) is 50.5 Å². The second-order valence-electron chi connectivity index (χ2n) is 3.38. The average Bonchev–Trinajstić information content (AvgIpc) is 2.91. The molecule has 0 fully saturated rings. The van der Waals surface area contributed by atoms with Gasteiger partial charge in [0.1, 0.15) is 5.76 Å². The van der Waals surface area contributed by atoms with Gasteiger partial charge in [0.15, 0.2) is 4.67 Å². The van der Waals surface area contributed by atoms with Crippen molar-refractivity contribution in [1.29, 1.82) is 0 Å². The van der Waals surface area contributed by atoms with E-state index in [0.717, 1.165) is 16.0 Å². The molecule has 1 atom stereocenters. The highest BCUT2D eigenvalue weighted by atomic mass is 79.9. The summed E-state index contributed by atoms with van der Waals surface area (Å²) in [6.07, 6.45) is 0. The number of furan rings is 1. The Morgan fingerprint density at radius 1 is 1.44 bits per heavy atom. The highest BCUT2D eigenvalue weighted by Gasteiger charge is 2.10. The van der Waals surface area contributed by atoms with Crippen LogP contribution in [0.5, 0.6) is 0 Å². The van der Waals surface area contributed by atoms with Crippen LogP contribution >= 0.6 is 27.3 Å². The van der Waals surface area contributed by atoms with Crippen molar-refractivity contribution in [3.05, 3.63) is 45.0 Å². The highest BCUT2D eigenvalue weighted by molar-refractivity contribution is 9.10. The quantitative estimate of drug-likeness (QED) is 0.892.